The quantitative estimate of drug-likeness (QED) is 0.712. The molecule has 0 fully saturated rings. The van der Waals surface area contributed by atoms with Crippen LogP contribution >= 0.6 is 22.9 Å². The first-order valence-corrected chi connectivity index (χ1v) is 6.73. The summed E-state index contributed by atoms with van der Waals surface area (Å²) in [7, 11) is 0. The van der Waals surface area contributed by atoms with E-state index in [2.05, 4.69) is 43.7 Å². The molecule has 0 radical (unpaired) electrons. The summed E-state index contributed by atoms with van der Waals surface area (Å²) in [6, 6.07) is 3.91. The molecule has 0 aliphatic heterocycles. The van der Waals surface area contributed by atoms with E-state index in [1.54, 1.807) is 11.3 Å². The van der Waals surface area contributed by atoms with Gasteiger partial charge in [0.15, 0.2) is 5.82 Å². The molecule has 2 rings (SSSR count). The van der Waals surface area contributed by atoms with E-state index in [0.29, 0.717) is 5.15 Å². The van der Waals surface area contributed by atoms with Crippen LogP contribution in [0.25, 0.3) is 10.7 Å². The molecule has 17 heavy (non-hydrogen) atoms. The van der Waals surface area contributed by atoms with Gasteiger partial charge >= 0.3 is 0 Å². The smallest absolute Gasteiger partial charge is 0.171 e. The third-order valence-corrected chi connectivity index (χ3v) is 3.73. The summed E-state index contributed by atoms with van der Waals surface area (Å²) in [6.45, 7) is 8.43. The molecule has 0 aliphatic rings. The highest BCUT2D eigenvalue weighted by atomic mass is 35.5. The molecule has 0 unspecified atom stereocenters. The monoisotopic (exact) mass is 266 g/mol. The second-order valence-electron chi connectivity index (χ2n) is 5.08. The number of hydrogen-bond acceptors (Lipinski definition) is 3. The van der Waals surface area contributed by atoms with Gasteiger partial charge in [-0.1, -0.05) is 32.4 Å². The average Bonchev–Trinajstić information content (AvgIpc) is 2.62. The molecule has 0 saturated carbocycles. The molecule has 0 saturated heterocycles. The Bertz CT molecular complexity index is 541. The molecule has 0 N–H and O–H groups in total. The molecule has 0 bridgehead atoms. The molecule has 90 valence electrons. The minimum absolute atomic E-state index is 0.0213. The zero-order valence-electron chi connectivity index (χ0n) is 10.4. The van der Waals surface area contributed by atoms with Crippen molar-refractivity contribution in [3.8, 4) is 10.7 Å². The third-order valence-electron chi connectivity index (χ3n) is 2.53. The Hall–Kier alpha value is -0.930. The molecule has 0 atom stereocenters. The molecule has 0 aromatic carbocycles. The molecule has 2 aromatic heterocycles. The van der Waals surface area contributed by atoms with Crippen molar-refractivity contribution in [2.75, 3.05) is 0 Å². The van der Waals surface area contributed by atoms with Crippen molar-refractivity contribution >= 4 is 22.9 Å². The number of hydrogen-bond donors (Lipinski definition) is 0. The number of nitrogens with zero attached hydrogens (tertiary/aromatic N) is 2. The number of rotatable bonds is 1. The van der Waals surface area contributed by atoms with Gasteiger partial charge in [0, 0.05) is 5.41 Å². The van der Waals surface area contributed by atoms with Crippen molar-refractivity contribution < 1.29 is 0 Å². The summed E-state index contributed by atoms with van der Waals surface area (Å²) in [5, 5.41) is 2.55. The maximum Gasteiger partial charge on any atom is 0.171 e. The van der Waals surface area contributed by atoms with Gasteiger partial charge in [0.05, 0.1) is 10.6 Å². The Kier molecular flexibility index (Phi) is 3.23. The van der Waals surface area contributed by atoms with E-state index >= 15 is 0 Å². The molecular formula is C13H15ClN2S. The molecule has 0 aliphatic carbocycles. The fraction of sp³-hybridized carbons (Fsp3) is 0.385. The Balaban J connectivity index is 2.57. The largest absolute Gasteiger partial charge is 0.232 e. The lowest BCUT2D eigenvalue weighted by atomic mass is 9.92. The Labute approximate surface area is 111 Å². The van der Waals surface area contributed by atoms with Gasteiger partial charge in [-0.3, -0.25) is 0 Å². The van der Waals surface area contributed by atoms with Crippen LogP contribution in [0.5, 0.6) is 0 Å². The number of thiophene rings is 1. The van der Waals surface area contributed by atoms with Gasteiger partial charge < -0.3 is 0 Å². The van der Waals surface area contributed by atoms with Gasteiger partial charge in [-0.15, -0.1) is 11.3 Å². The average molecular weight is 267 g/mol. The minimum atomic E-state index is -0.0213. The topological polar surface area (TPSA) is 25.8 Å². The summed E-state index contributed by atoms with van der Waals surface area (Å²) in [4.78, 5) is 10.0. The van der Waals surface area contributed by atoms with E-state index in [1.807, 2.05) is 11.4 Å². The molecule has 0 spiro atoms. The van der Waals surface area contributed by atoms with Crippen molar-refractivity contribution in [3.63, 3.8) is 0 Å². The molecule has 0 amide bonds. The van der Waals surface area contributed by atoms with E-state index in [1.165, 1.54) is 5.56 Å². The number of aryl methyl sites for hydroxylation is 1. The second kappa shape index (κ2) is 4.39. The molecule has 4 heteroatoms. The SMILES string of the molecule is Cc1ccsc1-c1nc(Cl)cc(C(C)(C)C)n1. The molecule has 2 nitrogen and oxygen atoms in total. The third kappa shape index (κ3) is 2.67. The van der Waals surface area contributed by atoms with E-state index in [0.717, 1.165) is 16.4 Å². The highest BCUT2D eigenvalue weighted by Gasteiger charge is 2.19. The second-order valence-corrected chi connectivity index (χ2v) is 6.39. The maximum absolute atomic E-state index is 6.08. The van der Waals surface area contributed by atoms with Gasteiger partial charge in [0.25, 0.3) is 0 Å². The van der Waals surface area contributed by atoms with Crippen molar-refractivity contribution in [3.05, 3.63) is 33.9 Å². The minimum Gasteiger partial charge on any atom is -0.232 e. The lowest BCUT2D eigenvalue weighted by molar-refractivity contribution is 0.568. The van der Waals surface area contributed by atoms with Gasteiger partial charge in [0.2, 0.25) is 0 Å². The van der Waals surface area contributed by atoms with Crippen molar-refractivity contribution in [1.29, 1.82) is 0 Å². The van der Waals surface area contributed by atoms with Crippen LogP contribution in [0.4, 0.5) is 0 Å². The number of aromatic nitrogens is 2. The molecule has 2 aromatic rings. The Morgan fingerprint density at radius 2 is 1.94 bits per heavy atom. The van der Waals surface area contributed by atoms with Gasteiger partial charge in [-0.25, -0.2) is 9.97 Å². The molecule has 2 heterocycles. The van der Waals surface area contributed by atoms with E-state index in [9.17, 15) is 0 Å². The Morgan fingerprint density at radius 1 is 1.24 bits per heavy atom. The van der Waals surface area contributed by atoms with Crippen LogP contribution in [0.15, 0.2) is 17.5 Å². The van der Waals surface area contributed by atoms with Crippen molar-refractivity contribution in [2.45, 2.75) is 33.1 Å². The summed E-state index contributed by atoms with van der Waals surface area (Å²) in [6.07, 6.45) is 0. The lowest BCUT2D eigenvalue weighted by Crippen LogP contribution is -2.14. The first-order chi connectivity index (χ1) is 7.88. The van der Waals surface area contributed by atoms with Gasteiger partial charge in [-0.2, -0.15) is 0 Å². The summed E-state index contributed by atoms with van der Waals surface area (Å²) >= 11 is 7.73. The predicted molar refractivity (Wildman–Crippen MR) is 73.8 cm³/mol. The van der Waals surface area contributed by atoms with Crippen LogP contribution in [-0.2, 0) is 5.41 Å². The Morgan fingerprint density at radius 3 is 2.47 bits per heavy atom. The van der Waals surface area contributed by atoms with Crippen molar-refractivity contribution in [2.24, 2.45) is 0 Å². The predicted octanol–water partition coefficient (Wildman–Crippen LogP) is 4.46. The fourth-order valence-corrected chi connectivity index (χ4v) is 2.55. The summed E-state index contributed by atoms with van der Waals surface area (Å²) in [5.74, 6) is 0.731. The normalized spacial score (nSPS) is 11.8. The van der Waals surface area contributed by atoms with Crippen molar-refractivity contribution in [1.82, 2.24) is 9.97 Å². The van der Waals surface area contributed by atoms with Crippen LogP contribution in [-0.4, -0.2) is 9.97 Å². The first-order valence-electron chi connectivity index (χ1n) is 5.47. The summed E-state index contributed by atoms with van der Waals surface area (Å²) in [5.41, 5.74) is 2.14. The first kappa shape index (κ1) is 12.5. The fourth-order valence-electron chi connectivity index (χ4n) is 1.51. The van der Waals surface area contributed by atoms with Gasteiger partial charge in [0.1, 0.15) is 5.15 Å². The van der Waals surface area contributed by atoms with E-state index < -0.39 is 0 Å². The molecular weight excluding hydrogens is 252 g/mol. The lowest BCUT2D eigenvalue weighted by Gasteiger charge is -2.18. The summed E-state index contributed by atoms with van der Waals surface area (Å²) < 4.78 is 0. The zero-order valence-corrected chi connectivity index (χ0v) is 12.0. The zero-order chi connectivity index (χ0) is 12.6. The van der Waals surface area contributed by atoms with Crippen LogP contribution in [0.3, 0.4) is 0 Å². The highest BCUT2D eigenvalue weighted by molar-refractivity contribution is 7.13. The number of halogens is 1. The van der Waals surface area contributed by atoms with Crippen LogP contribution < -0.4 is 0 Å². The van der Waals surface area contributed by atoms with Crippen LogP contribution in [0, 0.1) is 6.92 Å². The van der Waals surface area contributed by atoms with E-state index in [-0.39, 0.29) is 5.41 Å². The standard InChI is InChI=1S/C13H15ClN2S/c1-8-5-6-17-11(8)12-15-9(13(2,3)4)7-10(14)16-12/h5-7H,1-4H3. The van der Waals surface area contributed by atoms with Gasteiger partial charge in [-0.05, 0) is 30.0 Å². The van der Waals surface area contributed by atoms with E-state index in [4.69, 9.17) is 11.6 Å². The van der Waals surface area contributed by atoms with Crippen LogP contribution in [0.2, 0.25) is 5.15 Å². The van der Waals surface area contributed by atoms with Crippen LogP contribution in [0.1, 0.15) is 32.0 Å². The highest BCUT2D eigenvalue weighted by Crippen LogP contribution is 2.30. The maximum atomic E-state index is 6.08.